The molecular weight excluding hydrogens is 340 g/mol. The number of aromatic nitrogens is 1. The van der Waals surface area contributed by atoms with E-state index in [1.807, 2.05) is 29.2 Å². The van der Waals surface area contributed by atoms with Gasteiger partial charge in [-0.2, -0.15) is 5.26 Å². The van der Waals surface area contributed by atoms with E-state index in [-0.39, 0.29) is 5.91 Å². The number of pyridine rings is 1. The third kappa shape index (κ3) is 3.93. The number of carbonyl (C=O) groups excluding carboxylic acids is 1. The Morgan fingerprint density at radius 2 is 1.89 bits per heavy atom. The van der Waals surface area contributed by atoms with Crippen LogP contribution in [0.2, 0.25) is 0 Å². The topological polar surface area (TPSA) is 69.5 Å². The van der Waals surface area contributed by atoms with Crippen molar-refractivity contribution in [3.8, 4) is 17.6 Å². The molecule has 2 aromatic rings. The standard InChI is InChI=1S/C21H22N4O2/c22-14-17-3-4-19(15-23-17)27-18-5-6-20-16(13-18)7-10-25(21(20)26)12-11-24-8-1-2-9-24/h3-6,13,15H,1-2,7-12H2. The second-order valence-corrected chi connectivity index (χ2v) is 7.00. The van der Waals surface area contributed by atoms with Gasteiger partial charge in [-0.15, -0.1) is 0 Å². The van der Waals surface area contributed by atoms with Gasteiger partial charge >= 0.3 is 0 Å². The number of nitriles is 1. The predicted molar refractivity (Wildman–Crippen MR) is 101 cm³/mol. The highest BCUT2D eigenvalue weighted by Crippen LogP contribution is 2.27. The molecule has 0 spiro atoms. The monoisotopic (exact) mass is 362 g/mol. The van der Waals surface area contributed by atoms with Gasteiger partial charge in [-0.05, 0) is 68.2 Å². The van der Waals surface area contributed by atoms with Gasteiger partial charge in [-0.1, -0.05) is 0 Å². The molecule has 1 saturated heterocycles. The van der Waals surface area contributed by atoms with E-state index in [0.29, 0.717) is 17.2 Å². The van der Waals surface area contributed by atoms with Crippen LogP contribution in [-0.4, -0.2) is 53.4 Å². The third-order valence-electron chi connectivity index (χ3n) is 5.22. The number of hydrogen-bond donors (Lipinski definition) is 0. The summed E-state index contributed by atoms with van der Waals surface area (Å²) in [7, 11) is 0. The van der Waals surface area contributed by atoms with Crippen LogP contribution >= 0.6 is 0 Å². The Hall–Kier alpha value is -2.91. The molecule has 2 aliphatic heterocycles. The first-order valence-electron chi connectivity index (χ1n) is 9.41. The van der Waals surface area contributed by atoms with Crippen LogP contribution in [0.25, 0.3) is 0 Å². The minimum atomic E-state index is 0.113. The van der Waals surface area contributed by atoms with Crippen molar-refractivity contribution in [1.82, 2.24) is 14.8 Å². The van der Waals surface area contributed by atoms with Gasteiger partial charge < -0.3 is 14.5 Å². The van der Waals surface area contributed by atoms with Gasteiger partial charge in [-0.3, -0.25) is 4.79 Å². The normalized spacial score (nSPS) is 16.9. The van der Waals surface area contributed by atoms with Gasteiger partial charge in [0.1, 0.15) is 23.3 Å². The van der Waals surface area contributed by atoms with Gasteiger partial charge in [0.05, 0.1) is 6.20 Å². The summed E-state index contributed by atoms with van der Waals surface area (Å²) in [5.41, 5.74) is 2.15. The van der Waals surface area contributed by atoms with Crippen molar-refractivity contribution in [3.05, 3.63) is 53.3 Å². The maximum atomic E-state index is 12.8. The molecule has 27 heavy (non-hydrogen) atoms. The Balaban J connectivity index is 1.42. The van der Waals surface area contributed by atoms with Gasteiger partial charge in [0.15, 0.2) is 0 Å². The van der Waals surface area contributed by atoms with Gasteiger partial charge in [0, 0.05) is 25.2 Å². The molecule has 1 amide bonds. The van der Waals surface area contributed by atoms with Crippen LogP contribution in [0.3, 0.4) is 0 Å². The summed E-state index contributed by atoms with van der Waals surface area (Å²) in [6, 6.07) is 10.9. The van der Waals surface area contributed by atoms with E-state index in [4.69, 9.17) is 10.00 Å². The number of ether oxygens (including phenoxy) is 1. The Morgan fingerprint density at radius 1 is 1.07 bits per heavy atom. The van der Waals surface area contributed by atoms with E-state index in [1.165, 1.54) is 19.0 Å². The molecule has 0 radical (unpaired) electrons. The number of likely N-dealkylation sites (tertiary alicyclic amines) is 1. The molecular formula is C21H22N4O2. The van der Waals surface area contributed by atoms with E-state index in [1.54, 1.807) is 12.1 Å². The zero-order valence-electron chi connectivity index (χ0n) is 15.2. The number of hydrogen-bond acceptors (Lipinski definition) is 5. The van der Waals surface area contributed by atoms with Crippen LogP contribution in [0.15, 0.2) is 36.5 Å². The number of benzene rings is 1. The first kappa shape index (κ1) is 17.5. The average Bonchev–Trinajstić information content (AvgIpc) is 3.22. The zero-order chi connectivity index (χ0) is 18.6. The van der Waals surface area contributed by atoms with Gasteiger partial charge in [-0.25, -0.2) is 4.98 Å². The lowest BCUT2D eigenvalue weighted by Gasteiger charge is -2.30. The maximum Gasteiger partial charge on any atom is 0.254 e. The average molecular weight is 362 g/mol. The van der Waals surface area contributed by atoms with Crippen molar-refractivity contribution >= 4 is 5.91 Å². The molecule has 1 aromatic heterocycles. The molecule has 0 saturated carbocycles. The maximum absolute atomic E-state index is 12.8. The molecule has 0 aliphatic carbocycles. The zero-order valence-corrected chi connectivity index (χ0v) is 15.2. The van der Waals surface area contributed by atoms with Crippen molar-refractivity contribution < 1.29 is 9.53 Å². The van der Waals surface area contributed by atoms with Gasteiger partial charge in [0.25, 0.3) is 5.91 Å². The summed E-state index contributed by atoms with van der Waals surface area (Å²) < 4.78 is 5.82. The first-order chi connectivity index (χ1) is 13.2. The molecule has 0 atom stereocenters. The summed E-state index contributed by atoms with van der Waals surface area (Å²) >= 11 is 0. The Morgan fingerprint density at radius 3 is 2.63 bits per heavy atom. The molecule has 1 aromatic carbocycles. The second kappa shape index (κ2) is 7.77. The largest absolute Gasteiger partial charge is 0.456 e. The number of nitrogens with zero attached hydrogens (tertiary/aromatic N) is 4. The van der Waals surface area contributed by atoms with Crippen molar-refractivity contribution in [2.45, 2.75) is 19.3 Å². The first-order valence-corrected chi connectivity index (χ1v) is 9.41. The van der Waals surface area contributed by atoms with Crippen LogP contribution in [0, 0.1) is 11.3 Å². The summed E-state index contributed by atoms with van der Waals surface area (Å²) in [5, 5.41) is 8.80. The number of carbonyl (C=O) groups is 1. The predicted octanol–water partition coefficient (Wildman–Crippen LogP) is 2.84. The highest BCUT2D eigenvalue weighted by molar-refractivity contribution is 5.97. The number of rotatable bonds is 5. The Bertz CT molecular complexity index is 867. The summed E-state index contributed by atoms with van der Waals surface area (Å²) in [6.07, 6.45) is 4.91. The molecule has 0 bridgehead atoms. The minimum Gasteiger partial charge on any atom is -0.456 e. The second-order valence-electron chi connectivity index (χ2n) is 7.00. The quantitative estimate of drug-likeness (QED) is 0.818. The fraction of sp³-hybridized carbons (Fsp3) is 0.381. The smallest absolute Gasteiger partial charge is 0.254 e. The van der Waals surface area contributed by atoms with E-state index >= 15 is 0 Å². The highest BCUT2D eigenvalue weighted by Gasteiger charge is 2.25. The highest BCUT2D eigenvalue weighted by atomic mass is 16.5. The molecule has 6 nitrogen and oxygen atoms in total. The molecule has 1 fully saturated rings. The third-order valence-corrected chi connectivity index (χ3v) is 5.22. The van der Waals surface area contributed by atoms with Crippen molar-refractivity contribution in [3.63, 3.8) is 0 Å². The molecule has 3 heterocycles. The van der Waals surface area contributed by atoms with E-state index in [0.717, 1.165) is 50.3 Å². The van der Waals surface area contributed by atoms with E-state index in [9.17, 15) is 4.79 Å². The lowest BCUT2D eigenvalue weighted by atomic mass is 9.98. The van der Waals surface area contributed by atoms with Gasteiger partial charge in [0.2, 0.25) is 0 Å². The van der Waals surface area contributed by atoms with Crippen LogP contribution in [0.4, 0.5) is 0 Å². The molecule has 6 heteroatoms. The SMILES string of the molecule is N#Cc1ccc(Oc2ccc3c(c2)CCN(CCN2CCCC2)C3=O)cn1. The molecule has 0 N–H and O–H groups in total. The van der Waals surface area contributed by atoms with Crippen molar-refractivity contribution in [1.29, 1.82) is 5.26 Å². The van der Waals surface area contributed by atoms with Crippen LogP contribution < -0.4 is 4.74 Å². The lowest BCUT2D eigenvalue weighted by Crippen LogP contribution is -2.42. The summed E-state index contributed by atoms with van der Waals surface area (Å²) in [4.78, 5) is 21.2. The van der Waals surface area contributed by atoms with E-state index in [2.05, 4.69) is 9.88 Å². The van der Waals surface area contributed by atoms with Crippen LogP contribution in [-0.2, 0) is 6.42 Å². The molecule has 2 aliphatic rings. The molecule has 138 valence electrons. The number of fused-ring (bicyclic) bond motifs is 1. The number of amides is 1. The Labute approximate surface area is 159 Å². The minimum absolute atomic E-state index is 0.113. The van der Waals surface area contributed by atoms with Crippen LogP contribution in [0.5, 0.6) is 11.5 Å². The molecule has 4 rings (SSSR count). The van der Waals surface area contributed by atoms with Crippen LogP contribution in [0.1, 0.15) is 34.5 Å². The fourth-order valence-electron chi connectivity index (χ4n) is 3.70. The Kier molecular flexibility index (Phi) is 5.03. The van der Waals surface area contributed by atoms with E-state index < -0.39 is 0 Å². The summed E-state index contributed by atoms with van der Waals surface area (Å²) in [5.74, 6) is 1.36. The van der Waals surface area contributed by atoms with Crippen molar-refractivity contribution in [2.24, 2.45) is 0 Å². The molecule has 0 unspecified atom stereocenters. The fourth-order valence-corrected chi connectivity index (χ4v) is 3.70. The van der Waals surface area contributed by atoms with Crippen molar-refractivity contribution in [2.75, 3.05) is 32.7 Å². The lowest BCUT2D eigenvalue weighted by molar-refractivity contribution is 0.0724. The summed E-state index contributed by atoms with van der Waals surface area (Å²) in [6.45, 7) is 4.83.